The van der Waals surface area contributed by atoms with Crippen molar-refractivity contribution in [2.24, 2.45) is 5.73 Å². The average molecular weight is 160 g/mol. The van der Waals surface area contributed by atoms with E-state index >= 15 is 0 Å². The summed E-state index contributed by atoms with van der Waals surface area (Å²) in [6.45, 7) is 5.21. The number of carbonyl (C=O) groups is 1. The number of ether oxygens (including phenoxy) is 1. The third-order valence-electron chi connectivity index (χ3n) is 0.714. The standard InChI is InChI=1S/C7H14NO3/c1-7(2,3)11-6(10)4-5(8)9/h4-5,9H,8H2,1-3H3. The van der Waals surface area contributed by atoms with Crippen molar-refractivity contribution >= 4 is 5.97 Å². The summed E-state index contributed by atoms with van der Waals surface area (Å²) in [4.78, 5) is 10.8. The fourth-order valence-electron chi connectivity index (χ4n) is 0.475. The van der Waals surface area contributed by atoms with Gasteiger partial charge in [0.25, 0.3) is 0 Å². The maximum Gasteiger partial charge on any atom is 0.314 e. The SMILES string of the molecule is CC(C)(C)OC(=O)[CH]C(N)O. The summed E-state index contributed by atoms with van der Waals surface area (Å²) in [5.74, 6) is -0.604. The molecule has 0 aliphatic carbocycles. The Hall–Kier alpha value is -0.610. The minimum absolute atomic E-state index is 0.539. The minimum Gasteiger partial charge on any atom is -0.460 e. The van der Waals surface area contributed by atoms with Crippen LogP contribution in [-0.4, -0.2) is 22.9 Å². The molecule has 0 saturated heterocycles. The van der Waals surface area contributed by atoms with E-state index < -0.39 is 17.8 Å². The summed E-state index contributed by atoms with van der Waals surface area (Å²) >= 11 is 0. The predicted molar refractivity (Wildman–Crippen MR) is 40.3 cm³/mol. The molecular formula is C7H14NO3. The topological polar surface area (TPSA) is 72.5 Å². The fourth-order valence-corrected chi connectivity index (χ4v) is 0.475. The largest absolute Gasteiger partial charge is 0.460 e. The molecule has 4 heteroatoms. The maximum atomic E-state index is 10.8. The Bertz CT molecular complexity index is 137. The molecule has 0 heterocycles. The van der Waals surface area contributed by atoms with Gasteiger partial charge in [0.1, 0.15) is 18.2 Å². The fraction of sp³-hybridized carbons (Fsp3) is 0.714. The molecule has 0 aliphatic heterocycles. The molecule has 0 fully saturated rings. The highest BCUT2D eigenvalue weighted by Gasteiger charge is 2.17. The summed E-state index contributed by atoms with van der Waals surface area (Å²) in [5.41, 5.74) is 4.37. The lowest BCUT2D eigenvalue weighted by atomic mass is 10.2. The van der Waals surface area contributed by atoms with E-state index in [0.29, 0.717) is 0 Å². The second kappa shape index (κ2) is 3.69. The highest BCUT2D eigenvalue weighted by Crippen LogP contribution is 2.07. The van der Waals surface area contributed by atoms with Crippen molar-refractivity contribution < 1.29 is 14.6 Å². The number of aliphatic hydroxyl groups excluding tert-OH is 1. The van der Waals surface area contributed by atoms with Crippen molar-refractivity contribution in [1.29, 1.82) is 0 Å². The van der Waals surface area contributed by atoms with Crippen molar-refractivity contribution in [1.82, 2.24) is 0 Å². The van der Waals surface area contributed by atoms with Gasteiger partial charge in [-0.3, -0.25) is 4.79 Å². The van der Waals surface area contributed by atoms with Crippen molar-refractivity contribution in [3.05, 3.63) is 6.42 Å². The first-order valence-electron chi connectivity index (χ1n) is 3.33. The third-order valence-corrected chi connectivity index (χ3v) is 0.714. The summed E-state index contributed by atoms with van der Waals surface area (Å²) < 4.78 is 4.81. The Balaban J connectivity index is 3.71. The predicted octanol–water partition coefficient (Wildman–Crippen LogP) is -0.191. The van der Waals surface area contributed by atoms with Gasteiger partial charge in [-0.1, -0.05) is 0 Å². The molecule has 3 N–H and O–H groups in total. The molecule has 4 nitrogen and oxygen atoms in total. The zero-order valence-corrected chi connectivity index (χ0v) is 7.00. The second-order valence-electron chi connectivity index (χ2n) is 3.19. The Morgan fingerprint density at radius 3 is 2.36 bits per heavy atom. The smallest absolute Gasteiger partial charge is 0.314 e. The average Bonchev–Trinajstić information content (AvgIpc) is 1.53. The molecule has 1 atom stereocenters. The van der Waals surface area contributed by atoms with Crippen molar-refractivity contribution in [3.8, 4) is 0 Å². The van der Waals surface area contributed by atoms with E-state index in [1.807, 2.05) is 0 Å². The molecule has 0 saturated carbocycles. The molecule has 0 spiro atoms. The molecule has 0 aromatic rings. The number of hydrogen-bond acceptors (Lipinski definition) is 4. The van der Waals surface area contributed by atoms with Gasteiger partial charge in [-0.15, -0.1) is 0 Å². The van der Waals surface area contributed by atoms with Crippen LogP contribution < -0.4 is 5.73 Å². The van der Waals surface area contributed by atoms with Crippen molar-refractivity contribution in [2.45, 2.75) is 32.6 Å². The molecule has 0 aliphatic rings. The van der Waals surface area contributed by atoms with E-state index in [4.69, 9.17) is 15.6 Å². The van der Waals surface area contributed by atoms with Gasteiger partial charge in [0, 0.05) is 0 Å². The van der Waals surface area contributed by atoms with Gasteiger partial charge in [-0.25, -0.2) is 0 Å². The summed E-state index contributed by atoms with van der Waals surface area (Å²) in [5, 5.41) is 8.54. The molecule has 65 valence electrons. The molecule has 0 amide bonds. The lowest BCUT2D eigenvalue weighted by Gasteiger charge is -2.19. The first-order chi connectivity index (χ1) is 4.81. The van der Waals surface area contributed by atoms with E-state index in [-0.39, 0.29) is 0 Å². The van der Waals surface area contributed by atoms with E-state index in [0.717, 1.165) is 6.42 Å². The van der Waals surface area contributed by atoms with Crippen LogP contribution in [0.2, 0.25) is 0 Å². The Morgan fingerprint density at radius 2 is 2.09 bits per heavy atom. The van der Waals surface area contributed by atoms with E-state index in [1.54, 1.807) is 20.8 Å². The highest BCUT2D eigenvalue weighted by atomic mass is 16.6. The quantitative estimate of drug-likeness (QED) is 0.434. The molecular weight excluding hydrogens is 146 g/mol. The highest BCUT2D eigenvalue weighted by molar-refractivity contribution is 5.79. The number of nitrogens with two attached hydrogens (primary N) is 1. The van der Waals surface area contributed by atoms with Gasteiger partial charge in [-0.05, 0) is 20.8 Å². The van der Waals surface area contributed by atoms with Gasteiger partial charge in [0.05, 0.1) is 0 Å². The summed E-state index contributed by atoms with van der Waals surface area (Å²) in [7, 11) is 0. The first-order valence-corrected chi connectivity index (χ1v) is 3.33. The van der Waals surface area contributed by atoms with Crippen LogP contribution in [0.4, 0.5) is 0 Å². The van der Waals surface area contributed by atoms with E-state index in [9.17, 15) is 4.79 Å². The minimum atomic E-state index is -1.25. The number of carbonyl (C=O) groups excluding carboxylic acids is 1. The lowest BCUT2D eigenvalue weighted by Crippen LogP contribution is -2.30. The number of esters is 1. The number of hydrogen-bond donors (Lipinski definition) is 2. The molecule has 0 aromatic carbocycles. The zero-order valence-electron chi connectivity index (χ0n) is 7.00. The van der Waals surface area contributed by atoms with Gasteiger partial charge < -0.3 is 15.6 Å². The Kier molecular flexibility index (Phi) is 3.48. The molecule has 1 radical (unpaired) electrons. The van der Waals surface area contributed by atoms with Crippen LogP contribution in [0.15, 0.2) is 0 Å². The van der Waals surface area contributed by atoms with Crippen LogP contribution in [0.5, 0.6) is 0 Å². The van der Waals surface area contributed by atoms with Gasteiger partial charge in [0.15, 0.2) is 0 Å². The first kappa shape index (κ1) is 10.4. The van der Waals surface area contributed by atoms with Gasteiger partial charge >= 0.3 is 5.97 Å². The molecule has 1 unspecified atom stereocenters. The maximum absolute atomic E-state index is 10.8. The zero-order chi connectivity index (χ0) is 9.07. The number of aliphatic hydroxyl groups is 1. The van der Waals surface area contributed by atoms with Crippen LogP contribution in [0.3, 0.4) is 0 Å². The van der Waals surface area contributed by atoms with Crippen LogP contribution in [0, 0.1) is 6.42 Å². The van der Waals surface area contributed by atoms with Crippen LogP contribution in [-0.2, 0) is 9.53 Å². The third kappa shape index (κ3) is 7.29. The molecule has 0 bridgehead atoms. The van der Waals surface area contributed by atoms with Crippen LogP contribution >= 0.6 is 0 Å². The van der Waals surface area contributed by atoms with Crippen molar-refractivity contribution in [3.63, 3.8) is 0 Å². The monoisotopic (exact) mass is 160 g/mol. The van der Waals surface area contributed by atoms with E-state index in [1.165, 1.54) is 0 Å². The number of rotatable bonds is 2. The van der Waals surface area contributed by atoms with Gasteiger partial charge in [-0.2, -0.15) is 0 Å². The van der Waals surface area contributed by atoms with E-state index in [2.05, 4.69) is 0 Å². The van der Waals surface area contributed by atoms with Crippen LogP contribution in [0.25, 0.3) is 0 Å². The lowest BCUT2D eigenvalue weighted by molar-refractivity contribution is -0.151. The van der Waals surface area contributed by atoms with Gasteiger partial charge in [0.2, 0.25) is 0 Å². The molecule has 0 aromatic heterocycles. The molecule has 11 heavy (non-hydrogen) atoms. The summed E-state index contributed by atoms with van der Waals surface area (Å²) in [6, 6.07) is 0. The second-order valence-corrected chi connectivity index (χ2v) is 3.19. The molecule has 0 rings (SSSR count). The normalized spacial score (nSPS) is 14.3. The van der Waals surface area contributed by atoms with Crippen LogP contribution in [0.1, 0.15) is 20.8 Å². The Labute approximate surface area is 66.3 Å². The Morgan fingerprint density at radius 1 is 1.64 bits per heavy atom. The summed E-state index contributed by atoms with van der Waals surface area (Å²) in [6.07, 6.45) is -0.338. The van der Waals surface area contributed by atoms with Crippen molar-refractivity contribution in [2.75, 3.05) is 0 Å².